The third-order valence-electron chi connectivity index (χ3n) is 1.58. The smallest absolute Gasteiger partial charge is 0.0635 e. The van der Waals surface area contributed by atoms with Crippen molar-refractivity contribution in [1.29, 1.82) is 0 Å². The minimum atomic E-state index is 0.732. The molecular weight excluding hydrogens is 279 g/mol. The SMILES string of the molecule is Clc1c(Br)cc(Cl)c2sccc12. The second-order valence-electron chi connectivity index (χ2n) is 2.32. The van der Waals surface area contributed by atoms with Gasteiger partial charge in [-0.25, -0.2) is 0 Å². The van der Waals surface area contributed by atoms with Gasteiger partial charge in [0.25, 0.3) is 0 Å². The summed E-state index contributed by atoms with van der Waals surface area (Å²) in [4.78, 5) is 0. The van der Waals surface area contributed by atoms with Crippen LogP contribution in [-0.2, 0) is 0 Å². The molecule has 1 heterocycles. The topological polar surface area (TPSA) is 0 Å². The first-order valence-electron chi connectivity index (χ1n) is 3.21. The van der Waals surface area contributed by atoms with Gasteiger partial charge in [-0.15, -0.1) is 11.3 Å². The highest BCUT2D eigenvalue weighted by Gasteiger charge is 2.08. The minimum Gasteiger partial charge on any atom is -0.142 e. The Morgan fingerprint density at radius 1 is 1.33 bits per heavy atom. The lowest BCUT2D eigenvalue weighted by atomic mass is 10.3. The van der Waals surface area contributed by atoms with Crippen LogP contribution in [0.15, 0.2) is 22.0 Å². The van der Waals surface area contributed by atoms with Gasteiger partial charge in [-0.05, 0) is 33.4 Å². The first-order valence-corrected chi connectivity index (χ1v) is 5.63. The van der Waals surface area contributed by atoms with Gasteiger partial charge in [0.05, 0.1) is 14.7 Å². The quantitative estimate of drug-likeness (QED) is 0.598. The Bertz CT molecular complexity index is 436. The third kappa shape index (κ3) is 1.27. The first-order chi connectivity index (χ1) is 5.70. The molecule has 0 aliphatic carbocycles. The van der Waals surface area contributed by atoms with Crippen LogP contribution in [0.2, 0.25) is 10.0 Å². The molecule has 0 unspecified atom stereocenters. The summed E-state index contributed by atoms with van der Waals surface area (Å²) in [5.41, 5.74) is 0. The number of benzene rings is 1. The summed E-state index contributed by atoms with van der Waals surface area (Å²) in [6.07, 6.45) is 0. The molecule has 0 bridgehead atoms. The molecule has 0 spiro atoms. The van der Waals surface area contributed by atoms with Gasteiger partial charge in [0.15, 0.2) is 0 Å². The van der Waals surface area contributed by atoms with Crippen molar-refractivity contribution in [2.24, 2.45) is 0 Å². The summed E-state index contributed by atoms with van der Waals surface area (Å²) in [6.45, 7) is 0. The van der Waals surface area contributed by atoms with Crippen LogP contribution in [-0.4, -0.2) is 0 Å². The fourth-order valence-electron chi connectivity index (χ4n) is 1.04. The van der Waals surface area contributed by atoms with E-state index in [0.29, 0.717) is 0 Å². The number of rotatable bonds is 0. The monoisotopic (exact) mass is 280 g/mol. The summed E-state index contributed by atoms with van der Waals surface area (Å²) in [7, 11) is 0. The third-order valence-corrected chi connectivity index (χ3v) is 4.20. The van der Waals surface area contributed by atoms with Crippen molar-refractivity contribution < 1.29 is 0 Å². The van der Waals surface area contributed by atoms with Gasteiger partial charge in [-0.1, -0.05) is 23.2 Å². The molecule has 1 aromatic heterocycles. The van der Waals surface area contributed by atoms with Gasteiger partial charge < -0.3 is 0 Å². The van der Waals surface area contributed by atoms with Crippen molar-refractivity contribution in [3.8, 4) is 0 Å². The minimum absolute atomic E-state index is 0.732. The highest BCUT2D eigenvalue weighted by molar-refractivity contribution is 9.10. The van der Waals surface area contributed by atoms with E-state index in [0.717, 1.165) is 24.6 Å². The fourth-order valence-corrected chi connectivity index (χ4v) is 3.03. The molecule has 62 valence electrons. The van der Waals surface area contributed by atoms with E-state index in [2.05, 4.69) is 15.9 Å². The van der Waals surface area contributed by atoms with E-state index < -0.39 is 0 Å². The van der Waals surface area contributed by atoms with Crippen molar-refractivity contribution in [3.05, 3.63) is 32.0 Å². The van der Waals surface area contributed by atoms with Crippen molar-refractivity contribution in [2.75, 3.05) is 0 Å². The molecule has 0 atom stereocenters. The zero-order chi connectivity index (χ0) is 8.72. The van der Waals surface area contributed by atoms with Gasteiger partial charge in [0, 0.05) is 9.86 Å². The lowest BCUT2D eigenvalue weighted by Gasteiger charge is -1.99. The first kappa shape index (κ1) is 8.82. The van der Waals surface area contributed by atoms with E-state index in [1.165, 1.54) is 0 Å². The number of thiophene rings is 1. The molecule has 1 aromatic carbocycles. The van der Waals surface area contributed by atoms with Crippen LogP contribution < -0.4 is 0 Å². The molecule has 0 aliphatic rings. The Kier molecular flexibility index (Phi) is 2.34. The average molecular weight is 282 g/mol. The number of hydrogen-bond acceptors (Lipinski definition) is 1. The molecule has 0 aliphatic heterocycles. The average Bonchev–Trinajstić information content (AvgIpc) is 2.48. The molecule has 0 fully saturated rings. The predicted octanol–water partition coefficient (Wildman–Crippen LogP) is 4.97. The number of hydrogen-bond donors (Lipinski definition) is 0. The number of halogens is 3. The molecule has 2 rings (SSSR count). The van der Waals surface area contributed by atoms with Gasteiger partial charge in [0.2, 0.25) is 0 Å². The standard InChI is InChI=1S/C8H3BrCl2S/c9-5-3-6(10)8-4(7(5)11)1-2-12-8/h1-3H. The van der Waals surface area contributed by atoms with E-state index in [1.807, 2.05) is 17.5 Å². The van der Waals surface area contributed by atoms with Crippen LogP contribution in [0.3, 0.4) is 0 Å². The molecule has 2 aromatic rings. The molecule has 4 heteroatoms. The zero-order valence-electron chi connectivity index (χ0n) is 5.77. The van der Waals surface area contributed by atoms with E-state index >= 15 is 0 Å². The van der Waals surface area contributed by atoms with Gasteiger partial charge in [-0.2, -0.15) is 0 Å². The van der Waals surface area contributed by atoms with Crippen LogP contribution in [0, 0.1) is 0 Å². The van der Waals surface area contributed by atoms with Crippen molar-refractivity contribution in [3.63, 3.8) is 0 Å². The molecule has 0 saturated heterocycles. The lowest BCUT2D eigenvalue weighted by molar-refractivity contribution is 1.76. The fraction of sp³-hybridized carbons (Fsp3) is 0. The summed E-state index contributed by atoms with van der Waals surface area (Å²) in [6, 6.07) is 3.79. The highest BCUT2D eigenvalue weighted by Crippen LogP contribution is 2.38. The molecule has 0 radical (unpaired) electrons. The van der Waals surface area contributed by atoms with Crippen LogP contribution in [0.1, 0.15) is 0 Å². The summed E-state index contributed by atoms with van der Waals surface area (Å²) >= 11 is 17.0. The molecule has 0 saturated carbocycles. The highest BCUT2D eigenvalue weighted by atomic mass is 79.9. The second kappa shape index (κ2) is 3.18. The maximum atomic E-state index is 6.04. The normalized spacial score (nSPS) is 10.9. The van der Waals surface area contributed by atoms with E-state index in [9.17, 15) is 0 Å². The maximum Gasteiger partial charge on any atom is 0.0635 e. The predicted molar refractivity (Wildman–Crippen MR) is 59.5 cm³/mol. The summed E-state index contributed by atoms with van der Waals surface area (Å²) in [5.74, 6) is 0. The van der Waals surface area contributed by atoms with Gasteiger partial charge >= 0.3 is 0 Å². The molecular formula is C8H3BrCl2S. The molecule has 0 amide bonds. The largest absolute Gasteiger partial charge is 0.142 e. The lowest BCUT2D eigenvalue weighted by Crippen LogP contribution is -1.71. The molecule has 12 heavy (non-hydrogen) atoms. The van der Waals surface area contributed by atoms with Crippen LogP contribution in [0.4, 0.5) is 0 Å². The van der Waals surface area contributed by atoms with Crippen molar-refractivity contribution in [1.82, 2.24) is 0 Å². The molecule has 0 nitrogen and oxygen atoms in total. The second-order valence-corrected chi connectivity index (χ2v) is 4.87. The summed E-state index contributed by atoms with van der Waals surface area (Å²) < 4.78 is 1.89. The van der Waals surface area contributed by atoms with Gasteiger partial charge in [0.1, 0.15) is 0 Å². The number of fused-ring (bicyclic) bond motifs is 1. The Hall–Kier alpha value is 0.240. The molecule has 0 N–H and O–H groups in total. The van der Waals surface area contributed by atoms with Crippen molar-refractivity contribution in [2.45, 2.75) is 0 Å². The van der Waals surface area contributed by atoms with Crippen LogP contribution in [0.25, 0.3) is 10.1 Å². The van der Waals surface area contributed by atoms with Crippen molar-refractivity contribution >= 4 is 60.6 Å². The van der Waals surface area contributed by atoms with Crippen LogP contribution >= 0.6 is 50.5 Å². The Labute approximate surface area is 92.2 Å². The summed E-state index contributed by atoms with van der Waals surface area (Å²) in [5, 5.41) is 4.47. The van der Waals surface area contributed by atoms with E-state index in [-0.39, 0.29) is 0 Å². The Morgan fingerprint density at radius 3 is 2.83 bits per heavy atom. The maximum absolute atomic E-state index is 6.04. The zero-order valence-corrected chi connectivity index (χ0v) is 9.69. The van der Waals surface area contributed by atoms with Crippen LogP contribution in [0.5, 0.6) is 0 Å². The Morgan fingerprint density at radius 2 is 2.08 bits per heavy atom. The van der Waals surface area contributed by atoms with E-state index in [4.69, 9.17) is 23.2 Å². The van der Waals surface area contributed by atoms with Gasteiger partial charge in [-0.3, -0.25) is 0 Å². The Balaban J connectivity index is 2.97. The van der Waals surface area contributed by atoms with E-state index in [1.54, 1.807) is 11.3 Å².